The molecular formula is C41H55F2N9O8. The Balaban J connectivity index is 2.02. The van der Waals surface area contributed by atoms with Gasteiger partial charge in [-0.1, -0.05) is 51.1 Å². The molecule has 1 aromatic heterocycles. The zero-order valence-corrected chi connectivity index (χ0v) is 34.4. The smallest absolute Gasteiger partial charge is 0.248 e. The Bertz CT molecular complexity index is 1990. The molecule has 7 amide bonds. The molecule has 19 heteroatoms. The number of halogens is 2. The Labute approximate surface area is 347 Å². The van der Waals surface area contributed by atoms with Crippen LogP contribution in [-0.4, -0.2) is 114 Å². The number of nitrogens with one attached hydrogen (secondary N) is 6. The van der Waals surface area contributed by atoms with Crippen molar-refractivity contribution in [3.05, 3.63) is 83.7 Å². The summed E-state index contributed by atoms with van der Waals surface area (Å²) in [7, 11) is 1.66. The van der Waals surface area contributed by atoms with Crippen LogP contribution in [0.4, 0.5) is 8.78 Å². The van der Waals surface area contributed by atoms with E-state index in [2.05, 4.69) is 31.9 Å². The molecule has 0 aliphatic carbocycles. The fraction of sp³-hybridized carbons (Fsp3) is 0.439. The predicted molar refractivity (Wildman–Crippen MR) is 217 cm³/mol. The summed E-state index contributed by atoms with van der Waals surface area (Å²) in [5, 5.41) is 25.3. The molecule has 3 rings (SSSR count). The highest BCUT2D eigenvalue weighted by Gasteiger charge is 2.38. The van der Waals surface area contributed by atoms with Crippen LogP contribution in [0.25, 0.3) is 11.1 Å². The van der Waals surface area contributed by atoms with E-state index < -0.39 is 103 Å². The first kappa shape index (κ1) is 48.2. The van der Waals surface area contributed by atoms with Crippen molar-refractivity contribution in [3.8, 4) is 11.1 Å². The third-order valence-electron chi connectivity index (χ3n) is 9.20. The third kappa shape index (κ3) is 14.9. The summed E-state index contributed by atoms with van der Waals surface area (Å²) in [5.41, 5.74) is 6.26. The molecule has 0 unspecified atom stereocenters. The quantitative estimate of drug-likeness (QED) is 0.0644. The average Bonchev–Trinajstić information content (AvgIpc) is 3.59. The molecule has 17 nitrogen and oxygen atoms in total. The van der Waals surface area contributed by atoms with Crippen LogP contribution in [0.2, 0.25) is 0 Å². The van der Waals surface area contributed by atoms with Crippen molar-refractivity contribution in [1.82, 2.24) is 41.4 Å². The second-order valence-corrected chi connectivity index (χ2v) is 15.1. The van der Waals surface area contributed by atoms with Gasteiger partial charge in [0.1, 0.15) is 30.3 Å². The molecular weight excluding hydrogens is 785 g/mol. The molecule has 60 heavy (non-hydrogen) atoms. The van der Waals surface area contributed by atoms with E-state index in [1.54, 1.807) is 19.3 Å². The van der Waals surface area contributed by atoms with Crippen molar-refractivity contribution in [1.29, 1.82) is 0 Å². The van der Waals surface area contributed by atoms with Gasteiger partial charge in [0, 0.05) is 56.1 Å². The number of hydrogen-bond acceptors (Lipinski definition) is 9. The van der Waals surface area contributed by atoms with Crippen LogP contribution in [-0.2, 0) is 40.1 Å². The molecule has 2 aromatic carbocycles. The monoisotopic (exact) mass is 839 g/mol. The van der Waals surface area contributed by atoms with Gasteiger partial charge in [0.2, 0.25) is 41.4 Å². The number of aliphatic hydroxyl groups excluding tert-OH is 1. The van der Waals surface area contributed by atoms with E-state index >= 15 is 4.39 Å². The van der Waals surface area contributed by atoms with E-state index in [0.29, 0.717) is 17.8 Å². The van der Waals surface area contributed by atoms with Crippen LogP contribution in [0, 0.1) is 17.0 Å². The molecule has 0 aliphatic rings. The lowest BCUT2D eigenvalue weighted by Crippen LogP contribution is -2.56. The second-order valence-electron chi connectivity index (χ2n) is 15.1. The lowest BCUT2D eigenvalue weighted by Gasteiger charge is -2.41. The number of hydrogen-bond donors (Lipinski definition) is 8. The Morgan fingerprint density at radius 1 is 0.850 bits per heavy atom. The number of rotatable bonds is 22. The highest BCUT2D eigenvalue weighted by atomic mass is 19.1. The van der Waals surface area contributed by atoms with E-state index in [9.17, 15) is 43.1 Å². The van der Waals surface area contributed by atoms with Gasteiger partial charge < -0.3 is 52.2 Å². The molecule has 0 saturated carbocycles. The normalized spacial score (nSPS) is 12.7. The predicted octanol–water partition coefficient (Wildman–Crippen LogP) is 0.213. The lowest BCUT2D eigenvalue weighted by atomic mass is 9.82. The first-order chi connectivity index (χ1) is 28.3. The Hall–Kier alpha value is -6.21. The number of benzene rings is 2. The maximum absolute atomic E-state index is 15.2. The molecule has 0 spiro atoms. The largest absolute Gasteiger partial charge is 0.387 e. The minimum absolute atomic E-state index is 0.0123. The summed E-state index contributed by atoms with van der Waals surface area (Å²) >= 11 is 0. The van der Waals surface area contributed by atoms with Gasteiger partial charge in [-0.2, -0.15) is 0 Å². The maximum Gasteiger partial charge on any atom is 0.248 e. The summed E-state index contributed by atoms with van der Waals surface area (Å²) in [5.74, 6) is -6.74. The Morgan fingerprint density at radius 3 is 2.15 bits per heavy atom. The van der Waals surface area contributed by atoms with Crippen molar-refractivity contribution in [3.63, 3.8) is 0 Å². The molecule has 0 bridgehead atoms. The van der Waals surface area contributed by atoms with Crippen molar-refractivity contribution in [2.75, 3.05) is 46.4 Å². The molecule has 9 N–H and O–H groups in total. The van der Waals surface area contributed by atoms with Crippen molar-refractivity contribution in [2.24, 2.45) is 11.1 Å². The van der Waals surface area contributed by atoms with Crippen LogP contribution in [0.1, 0.15) is 57.8 Å². The standard InChI is InChI=1S/C41H55F2N9O8/c1-25(54)47-20-35(56)48-21-36(57)49-32(19-34(44)55)40(60)50-31(39(59)46-15-14-45-5)13-16-52(37(58)24-53)38(41(2,3)4)33-17-27(29-18-28(42)11-12-30(29)43)23-51(33)22-26-9-7-6-8-10-26/h6-12,17-18,23,31-32,38,45,53H,13-16,19-22,24H2,1-5H3,(H2,44,55)(H,46,59)(H,47,54)(H,48,56)(H,49,57)(H,50,60)/t31-,32-,38-/m0/s1. The SMILES string of the molecule is CNCCNC(=O)[C@H](CCN(C(=O)CO)[C@@H](c1cc(-c2cc(F)ccc2F)cn1Cc1ccccc1)C(C)(C)C)NC(=O)[C@H](CC(N)=O)NC(=O)CNC(=O)CNC(C)=O. The van der Waals surface area contributed by atoms with E-state index in [1.807, 2.05) is 55.7 Å². The molecule has 0 aliphatic heterocycles. The number of likely N-dealkylation sites (N-methyl/N-ethyl adjacent to an activating group) is 1. The summed E-state index contributed by atoms with van der Waals surface area (Å²) in [6, 6.07) is 10.2. The summed E-state index contributed by atoms with van der Waals surface area (Å²) in [6.07, 6.45) is 0.733. The van der Waals surface area contributed by atoms with Gasteiger partial charge in [-0.05, 0) is 48.7 Å². The van der Waals surface area contributed by atoms with Crippen LogP contribution in [0.15, 0.2) is 60.8 Å². The highest BCUT2D eigenvalue weighted by Crippen LogP contribution is 2.41. The van der Waals surface area contributed by atoms with Gasteiger partial charge in [0.15, 0.2) is 0 Å². The van der Waals surface area contributed by atoms with Crippen molar-refractivity contribution in [2.45, 2.75) is 65.2 Å². The Kier molecular flexibility index (Phi) is 18.3. The average molecular weight is 840 g/mol. The van der Waals surface area contributed by atoms with Gasteiger partial charge in [0.25, 0.3) is 0 Å². The minimum atomic E-state index is -1.59. The number of aromatic nitrogens is 1. The zero-order valence-electron chi connectivity index (χ0n) is 34.4. The maximum atomic E-state index is 15.2. The molecule has 0 fully saturated rings. The van der Waals surface area contributed by atoms with Crippen LogP contribution >= 0.6 is 0 Å². The lowest BCUT2D eigenvalue weighted by molar-refractivity contribution is -0.140. The van der Waals surface area contributed by atoms with Gasteiger partial charge in [-0.3, -0.25) is 33.6 Å². The summed E-state index contributed by atoms with van der Waals surface area (Å²) in [6.45, 7) is 5.30. The van der Waals surface area contributed by atoms with Crippen molar-refractivity contribution >= 4 is 41.4 Å². The third-order valence-corrected chi connectivity index (χ3v) is 9.20. The number of carbonyl (C=O) groups is 7. The van der Waals surface area contributed by atoms with E-state index in [0.717, 1.165) is 23.8 Å². The number of primary amides is 1. The summed E-state index contributed by atoms with van der Waals surface area (Å²) in [4.78, 5) is 90.3. The minimum Gasteiger partial charge on any atom is -0.387 e. The molecule has 326 valence electrons. The van der Waals surface area contributed by atoms with Gasteiger partial charge >= 0.3 is 0 Å². The topological polar surface area (TPSA) is 246 Å². The second kappa shape index (κ2) is 22.8. The Morgan fingerprint density at radius 2 is 1.53 bits per heavy atom. The number of amides is 7. The fourth-order valence-electron chi connectivity index (χ4n) is 6.45. The number of nitrogens with zero attached hydrogens (tertiary/aromatic N) is 2. The van der Waals surface area contributed by atoms with Crippen LogP contribution in [0.3, 0.4) is 0 Å². The van der Waals surface area contributed by atoms with Crippen LogP contribution < -0.4 is 37.6 Å². The molecule has 3 atom stereocenters. The number of nitrogens with two attached hydrogens (primary N) is 1. The first-order valence-corrected chi connectivity index (χ1v) is 19.3. The van der Waals surface area contributed by atoms with Crippen LogP contribution in [0.5, 0.6) is 0 Å². The van der Waals surface area contributed by atoms with E-state index in [4.69, 9.17) is 5.73 Å². The first-order valence-electron chi connectivity index (χ1n) is 19.3. The summed E-state index contributed by atoms with van der Waals surface area (Å²) < 4.78 is 31.4. The molecule has 1 heterocycles. The zero-order chi connectivity index (χ0) is 44.6. The fourth-order valence-corrected chi connectivity index (χ4v) is 6.45. The molecule has 0 saturated heterocycles. The van der Waals surface area contributed by atoms with Crippen molar-refractivity contribution < 1.29 is 47.4 Å². The van der Waals surface area contributed by atoms with Gasteiger partial charge in [-0.25, -0.2) is 8.78 Å². The molecule has 3 aromatic rings. The van der Waals surface area contributed by atoms with Gasteiger partial charge in [-0.15, -0.1) is 0 Å². The van der Waals surface area contributed by atoms with E-state index in [1.165, 1.54) is 11.8 Å². The molecule has 0 radical (unpaired) electrons. The van der Waals surface area contributed by atoms with Gasteiger partial charge in [0.05, 0.1) is 25.6 Å². The van der Waals surface area contributed by atoms with E-state index in [-0.39, 0.29) is 31.6 Å². The number of aliphatic hydroxyl groups is 1. The highest BCUT2D eigenvalue weighted by molar-refractivity contribution is 5.95. The number of carbonyl (C=O) groups excluding carboxylic acids is 7.